The minimum Gasteiger partial charge on any atom is -0.481 e. The Bertz CT molecular complexity index is 123. The van der Waals surface area contributed by atoms with Gasteiger partial charge < -0.3 is 5.11 Å². The second-order valence-corrected chi connectivity index (χ2v) is 3.34. The van der Waals surface area contributed by atoms with Crippen LogP contribution in [0.15, 0.2) is 0 Å². The Morgan fingerprint density at radius 1 is 1.80 bits per heavy atom. The number of hydrogen-bond donors (Lipinski definition) is 2. The molecule has 0 bridgehead atoms. The molecule has 1 saturated heterocycles. The Kier molecular flexibility index (Phi) is 3.02. The van der Waals surface area contributed by atoms with Gasteiger partial charge in [-0.2, -0.15) is 0 Å². The molecule has 1 heterocycles. The zero-order valence-electron chi connectivity index (χ0n) is 5.67. The number of carbonyl (C=O) groups is 1. The maximum absolute atomic E-state index is 10.2. The zero-order chi connectivity index (χ0) is 7.40. The molecule has 1 atom stereocenters. The minimum absolute atomic E-state index is 0.191. The van der Waals surface area contributed by atoms with E-state index in [9.17, 15) is 4.79 Å². The lowest BCUT2D eigenvalue weighted by Gasteiger charge is -2.20. The Balaban J connectivity index is 2.19. The van der Waals surface area contributed by atoms with Gasteiger partial charge in [0.2, 0.25) is 0 Å². The molecule has 0 spiro atoms. The number of carboxylic acid groups (broad SMARTS) is 1. The second-order valence-electron chi connectivity index (χ2n) is 2.40. The first-order chi connectivity index (χ1) is 4.79. The van der Waals surface area contributed by atoms with Crippen LogP contribution in [0, 0.1) is 0 Å². The molecule has 0 aromatic rings. The number of hydrogen-bond acceptors (Lipinski definition) is 3. The molecule has 1 aliphatic heterocycles. The van der Waals surface area contributed by atoms with E-state index in [0.29, 0.717) is 0 Å². The highest BCUT2D eigenvalue weighted by molar-refractivity contribution is 7.97. The van der Waals surface area contributed by atoms with Crippen molar-refractivity contribution in [3.8, 4) is 0 Å². The van der Waals surface area contributed by atoms with E-state index in [0.717, 1.165) is 18.6 Å². The van der Waals surface area contributed by atoms with Crippen LogP contribution in [0.25, 0.3) is 0 Å². The third kappa shape index (κ3) is 2.58. The van der Waals surface area contributed by atoms with E-state index in [1.165, 1.54) is 0 Å². The Hall–Kier alpha value is -0.220. The van der Waals surface area contributed by atoms with Crippen LogP contribution in [-0.2, 0) is 4.79 Å². The van der Waals surface area contributed by atoms with Crippen molar-refractivity contribution in [3.05, 3.63) is 0 Å². The van der Waals surface area contributed by atoms with Crippen LogP contribution in [0.5, 0.6) is 0 Å². The molecule has 2 N–H and O–H groups in total. The van der Waals surface area contributed by atoms with Crippen molar-refractivity contribution in [2.24, 2.45) is 0 Å². The normalized spacial score (nSPS) is 26.2. The van der Waals surface area contributed by atoms with Gasteiger partial charge in [0.15, 0.2) is 0 Å². The number of aliphatic carboxylic acids is 1. The molecule has 10 heavy (non-hydrogen) atoms. The van der Waals surface area contributed by atoms with Crippen molar-refractivity contribution in [1.82, 2.24) is 4.72 Å². The predicted molar refractivity (Wildman–Crippen MR) is 40.9 cm³/mol. The largest absolute Gasteiger partial charge is 0.481 e. The Labute approximate surface area is 64.3 Å². The molecule has 0 radical (unpaired) electrons. The Morgan fingerprint density at radius 3 is 3.10 bits per heavy atom. The third-order valence-corrected chi connectivity index (χ3v) is 2.46. The first-order valence-electron chi connectivity index (χ1n) is 3.38. The molecular formula is C6H11NO2S. The van der Waals surface area contributed by atoms with Gasteiger partial charge in [-0.1, -0.05) is 11.9 Å². The average molecular weight is 161 g/mol. The van der Waals surface area contributed by atoms with Crippen LogP contribution in [0.3, 0.4) is 0 Å². The summed E-state index contributed by atoms with van der Waals surface area (Å²) in [6.45, 7) is 0. The fourth-order valence-corrected chi connectivity index (χ4v) is 1.86. The highest BCUT2D eigenvalue weighted by Crippen LogP contribution is 2.14. The monoisotopic (exact) mass is 161 g/mol. The molecule has 1 rings (SSSR count). The van der Waals surface area contributed by atoms with E-state index < -0.39 is 5.97 Å². The van der Waals surface area contributed by atoms with Gasteiger partial charge >= 0.3 is 5.97 Å². The average Bonchev–Trinajstić information content (AvgIpc) is 1.88. The van der Waals surface area contributed by atoms with Gasteiger partial charge in [-0.25, -0.2) is 0 Å². The van der Waals surface area contributed by atoms with E-state index in [1.54, 1.807) is 11.9 Å². The summed E-state index contributed by atoms with van der Waals surface area (Å²) >= 11 is 1.63. The van der Waals surface area contributed by atoms with Crippen LogP contribution in [0.2, 0.25) is 0 Å². The molecule has 1 unspecified atom stereocenters. The molecule has 0 aliphatic carbocycles. The lowest BCUT2D eigenvalue weighted by molar-refractivity contribution is -0.137. The topological polar surface area (TPSA) is 49.3 Å². The highest BCUT2D eigenvalue weighted by atomic mass is 32.2. The van der Waals surface area contributed by atoms with Gasteiger partial charge in [0.25, 0.3) is 0 Å². The molecule has 3 nitrogen and oxygen atoms in total. The predicted octanol–water partition coefficient (Wildman–Crippen LogP) is 0.861. The van der Waals surface area contributed by atoms with Gasteiger partial charge in [-0.15, -0.1) is 0 Å². The summed E-state index contributed by atoms with van der Waals surface area (Å²) in [6.07, 6.45) is 2.39. The van der Waals surface area contributed by atoms with Gasteiger partial charge in [0.1, 0.15) is 0 Å². The van der Waals surface area contributed by atoms with Crippen LogP contribution in [0.4, 0.5) is 0 Å². The Morgan fingerprint density at radius 2 is 2.60 bits per heavy atom. The summed E-state index contributed by atoms with van der Waals surface area (Å²) in [4.78, 5) is 10.2. The number of nitrogens with one attached hydrogen (secondary N) is 1. The first-order valence-corrected chi connectivity index (χ1v) is 4.36. The summed E-state index contributed by atoms with van der Waals surface area (Å²) in [5.74, 6) is 0.399. The van der Waals surface area contributed by atoms with E-state index in [-0.39, 0.29) is 12.5 Å². The van der Waals surface area contributed by atoms with Crippen molar-refractivity contribution < 1.29 is 9.90 Å². The summed E-state index contributed by atoms with van der Waals surface area (Å²) in [5.41, 5.74) is 0. The standard InChI is InChI=1S/C6H11NO2S/c8-6(9)4-5-2-1-3-10-7-5/h5,7H,1-4H2,(H,8,9). The van der Waals surface area contributed by atoms with Crippen molar-refractivity contribution in [1.29, 1.82) is 0 Å². The van der Waals surface area contributed by atoms with Crippen molar-refractivity contribution in [2.75, 3.05) is 5.75 Å². The maximum Gasteiger partial charge on any atom is 0.304 e. The molecule has 58 valence electrons. The second kappa shape index (κ2) is 3.83. The third-order valence-electron chi connectivity index (χ3n) is 1.47. The zero-order valence-corrected chi connectivity index (χ0v) is 6.49. The van der Waals surface area contributed by atoms with Crippen LogP contribution < -0.4 is 4.72 Å². The van der Waals surface area contributed by atoms with Crippen molar-refractivity contribution in [2.45, 2.75) is 25.3 Å². The van der Waals surface area contributed by atoms with Crippen molar-refractivity contribution >= 4 is 17.9 Å². The SMILES string of the molecule is O=C(O)CC1CCCSN1. The van der Waals surface area contributed by atoms with Crippen LogP contribution in [0.1, 0.15) is 19.3 Å². The molecule has 0 saturated carbocycles. The summed E-state index contributed by atoms with van der Waals surface area (Å²) in [7, 11) is 0. The number of rotatable bonds is 2. The molecule has 4 heteroatoms. The quantitative estimate of drug-likeness (QED) is 0.590. The van der Waals surface area contributed by atoms with Gasteiger partial charge in [-0.3, -0.25) is 9.52 Å². The van der Waals surface area contributed by atoms with E-state index in [2.05, 4.69) is 4.72 Å². The summed E-state index contributed by atoms with van der Waals surface area (Å²) in [6, 6.07) is 0.191. The van der Waals surface area contributed by atoms with Crippen molar-refractivity contribution in [3.63, 3.8) is 0 Å². The smallest absolute Gasteiger partial charge is 0.304 e. The molecule has 0 amide bonds. The lowest BCUT2D eigenvalue weighted by Crippen LogP contribution is -2.29. The molecular weight excluding hydrogens is 150 g/mol. The van der Waals surface area contributed by atoms with E-state index in [4.69, 9.17) is 5.11 Å². The molecule has 0 aromatic carbocycles. The minimum atomic E-state index is -0.708. The fraction of sp³-hybridized carbons (Fsp3) is 0.833. The van der Waals surface area contributed by atoms with E-state index >= 15 is 0 Å². The molecule has 0 aromatic heterocycles. The van der Waals surface area contributed by atoms with Crippen LogP contribution in [-0.4, -0.2) is 22.9 Å². The summed E-state index contributed by atoms with van der Waals surface area (Å²) in [5, 5.41) is 8.42. The van der Waals surface area contributed by atoms with Gasteiger partial charge in [0, 0.05) is 11.8 Å². The van der Waals surface area contributed by atoms with Crippen LogP contribution >= 0.6 is 11.9 Å². The number of carboxylic acids is 1. The molecule has 1 fully saturated rings. The van der Waals surface area contributed by atoms with Gasteiger partial charge in [-0.05, 0) is 12.8 Å². The fourth-order valence-electron chi connectivity index (χ4n) is 0.992. The maximum atomic E-state index is 10.2. The summed E-state index contributed by atoms with van der Waals surface area (Å²) < 4.78 is 3.09. The van der Waals surface area contributed by atoms with E-state index in [1.807, 2.05) is 0 Å². The first kappa shape index (κ1) is 7.88. The lowest BCUT2D eigenvalue weighted by atomic mass is 10.1. The highest BCUT2D eigenvalue weighted by Gasteiger charge is 2.15. The van der Waals surface area contributed by atoms with Gasteiger partial charge in [0.05, 0.1) is 6.42 Å². The molecule has 1 aliphatic rings.